The monoisotopic (exact) mass is 424 g/mol. The molecule has 2 atom stereocenters. The summed E-state index contributed by atoms with van der Waals surface area (Å²) < 4.78 is 1.33. The van der Waals surface area contributed by atoms with Crippen LogP contribution in [-0.2, 0) is 0 Å². The van der Waals surface area contributed by atoms with Gasteiger partial charge in [-0.3, -0.25) is 0 Å². The van der Waals surface area contributed by atoms with Crippen LogP contribution in [0, 0.1) is 0 Å². The Labute approximate surface area is 145 Å². The fourth-order valence-corrected chi connectivity index (χ4v) is 3.22. The number of H-pyrrole nitrogens is 1. The van der Waals surface area contributed by atoms with Crippen molar-refractivity contribution in [1.29, 1.82) is 0 Å². The van der Waals surface area contributed by atoms with Crippen molar-refractivity contribution in [1.82, 2.24) is 19.5 Å². The highest BCUT2D eigenvalue weighted by Gasteiger charge is 2.41. The molecule has 0 amide bonds. The van der Waals surface area contributed by atoms with Crippen molar-refractivity contribution in [2.45, 2.75) is 25.8 Å². The minimum atomic E-state index is 0.258. The number of quaternary nitrogens is 1. The Morgan fingerprint density at radius 3 is 2.95 bits per heavy atom. The number of nitrogens with one attached hydrogen (secondary N) is 1. The predicted octanol–water partition coefficient (Wildman–Crippen LogP) is 4.58. The molecule has 7 heteroatoms. The van der Waals surface area contributed by atoms with Crippen LogP contribution in [0.1, 0.15) is 19.8 Å². The van der Waals surface area contributed by atoms with E-state index in [1.54, 1.807) is 6.33 Å². The Morgan fingerprint density at radius 2 is 2.27 bits per heavy atom. The van der Waals surface area contributed by atoms with E-state index in [2.05, 4.69) is 66.0 Å². The number of aromatic amines is 1. The van der Waals surface area contributed by atoms with E-state index < -0.39 is 0 Å². The number of allylic oxidation sites excluding steroid dienone is 1. The van der Waals surface area contributed by atoms with E-state index in [9.17, 15) is 0 Å². The molecule has 1 aliphatic rings. The lowest BCUT2D eigenvalue weighted by molar-refractivity contribution is 0.281. The average Bonchev–Trinajstić information content (AvgIpc) is 3.16. The lowest BCUT2D eigenvalue weighted by atomic mass is 10.1. The quantitative estimate of drug-likeness (QED) is 0.712. The van der Waals surface area contributed by atoms with Crippen LogP contribution in [0.2, 0.25) is 0 Å². The van der Waals surface area contributed by atoms with Crippen molar-refractivity contribution < 1.29 is 0 Å². The zero-order valence-corrected chi connectivity index (χ0v) is 15.2. The maximum Gasteiger partial charge on any atom is 0.272 e. The zero-order chi connectivity index (χ0) is 15.6. The molecule has 2 aromatic rings. The van der Waals surface area contributed by atoms with Crippen molar-refractivity contribution in [2.24, 2.45) is 5.10 Å². The minimum absolute atomic E-state index is 0.258. The lowest BCUT2D eigenvalue weighted by Gasteiger charge is -2.32. The van der Waals surface area contributed by atoms with Gasteiger partial charge < -0.3 is 4.98 Å². The number of aromatic nitrogens is 3. The number of rotatable bonds is 5. The van der Waals surface area contributed by atoms with Gasteiger partial charge in [-0.1, -0.05) is 18.1 Å². The summed E-state index contributed by atoms with van der Waals surface area (Å²) in [5.74, 6) is 0.905. The molecule has 0 saturated carbocycles. The molecule has 3 rings (SSSR count). The molecule has 5 nitrogen and oxygen atoms in total. The summed E-state index contributed by atoms with van der Waals surface area (Å²) in [6.45, 7) is 2.18. The smallest absolute Gasteiger partial charge is 0.272 e. The SMILES string of the molecule is CCC(CC=C(Br)Br)[N+]1(c2ncnc3[nH]ccc23)C=CC=N1. The summed E-state index contributed by atoms with van der Waals surface area (Å²) in [6.07, 6.45) is 13.4. The fraction of sp³-hybridized carbons (Fsp3) is 0.267. The molecule has 0 bridgehead atoms. The van der Waals surface area contributed by atoms with Gasteiger partial charge in [0.25, 0.3) is 5.82 Å². The first-order chi connectivity index (χ1) is 10.7. The molecule has 0 saturated heterocycles. The van der Waals surface area contributed by atoms with E-state index in [1.807, 2.05) is 24.6 Å². The summed E-state index contributed by atoms with van der Waals surface area (Å²) in [5, 5.41) is 5.76. The Balaban J connectivity index is 2.12. The van der Waals surface area contributed by atoms with Gasteiger partial charge in [-0.05, 0) is 37.9 Å². The molecule has 0 aliphatic carbocycles. The topological polar surface area (TPSA) is 53.9 Å². The second-order valence-corrected chi connectivity index (χ2v) is 7.85. The van der Waals surface area contributed by atoms with Crippen molar-refractivity contribution in [2.75, 3.05) is 0 Å². The van der Waals surface area contributed by atoms with Crippen molar-refractivity contribution in [3.63, 3.8) is 0 Å². The summed E-state index contributed by atoms with van der Waals surface area (Å²) >= 11 is 6.86. The normalized spacial score (nSPS) is 21.4. The largest absolute Gasteiger partial charge is 0.346 e. The van der Waals surface area contributed by atoms with Gasteiger partial charge in [0.1, 0.15) is 29.6 Å². The molecule has 3 heterocycles. The average molecular weight is 426 g/mol. The van der Waals surface area contributed by atoms with Crippen LogP contribution < -0.4 is 4.59 Å². The molecule has 1 N–H and O–H groups in total. The van der Waals surface area contributed by atoms with Gasteiger partial charge in [0, 0.05) is 25.1 Å². The van der Waals surface area contributed by atoms with Gasteiger partial charge in [-0.15, -0.1) is 4.59 Å². The van der Waals surface area contributed by atoms with Gasteiger partial charge in [-0.25, -0.2) is 4.98 Å². The number of halogens is 2. The molecule has 0 spiro atoms. The van der Waals surface area contributed by atoms with Gasteiger partial charge in [-0.2, -0.15) is 4.98 Å². The highest BCUT2D eigenvalue weighted by atomic mass is 79.9. The van der Waals surface area contributed by atoms with Crippen LogP contribution in [0.5, 0.6) is 0 Å². The van der Waals surface area contributed by atoms with Crippen LogP contribution in [0.3, 0.4) is 0 Å². The van der Waals surface area contributed by atoms with E-state index in [-0.39, 0.29) is 6.04 Å². The Hall–Kier alpha value is -1.31. The van der Waals surface area contributed by atoms with Gasteiger partial charge in [0.05, 0.1) is 9.61 Å². The summed E-state index contributed by atoms with van der Waals surface area (Å²) in [7, 11) is 0. The number of hydrogen-bond acceptors (Lipinski definition) is 3. The second-order valence-electron chi connectivity index (χ2n) is 5.07. The fourth-order valence-electron chi connectivity index (χ4n) is 2.85. The number of fused-ring (bicyclic) bond motifs is 1. The van der Waals surface area contributed by atoms with Crippen LogP contribution in [0.15, 0.2) is 45.4 Å². The van der Waals surface area contributed by atoms with E-state index in [1.165, 1.54) is 0 Å². The number of nitrogens with zero attached hydrogens (tertiary/aromatic N) is 4. The third kappa shape index (κ3) is 2.68. The van der Waals surface area contributed by atoms with Crippen LogP contribution in [0.25, 0.3) is 11.0 Å². The van der Waals surface area contributed by atoms with Crippen LogP contribution >= 0.6 is 31.9 Å². The van der Waals surface area contributed by atoms with E-state index in [4.69, 9.17) is 5.10 Å². The maximum atomic E-state index is 4.75. The highest BCUT2D eigenvalue weighted by Crippen LogP contribution is 2.36. The Kier molecular flexibility index (Phi) is 4.56. The zero-order valence-electron chi connectivity index (χ0n) is 12.1. The molecule has 0 radical (unpaired) electrons. The highest BCUT2D eigenvalue weighted by molar-refractivity contribution is 9.28. The molecule has 0 fully saturated rings. The second kappa shape index (κ2) is 6.44. The van der Waals surface area contributed by atoms with Crippen LogP contribution in [0.4, 0.5) is 5.82 Å². The van der Waals surface area contributed by atoms with Crippen LogP contribution in [-0.4, -0.2) is 27.2 Å². The van der Waals surface area contributed by atoms with Crippen molar-refractivity contribution >= 4 is 54.9 Å². The molecule has 1 aliphatic heterocycles. The van der Waals surface area contributed by atoms with Crippen molar-refractivity contribution in [3.05, 3.63) is 40.3 Å². The van der Waals surface area contributed by atoms with E-state index >= 15 is 0 Å². The standard InChI is InChI=1S/C15H16Br2N5/c1-2-11(4-5-13(16)17)22(9-3-7-21-22)15-12-6-8-18-14(12)19-10-20-15/h3,5-11H,2,4H2,1H3,(H,18,19,20)/q+1. The molecule has 2 aromatic heterocycles. The first-order valence-electron chi connectivity index (χ1n) is 7.09. The minimum Gasteiger partial charge on any atom is -0.346 e. The van der Waals surface area contributed by atoms with E-state index in [0.29, 0.717) is 4.59 Å². The number of hydrogen-bond donors (Lipinski definition) is 1. The summed E-state index contributed by atoms with van der Waals surface area (Å²) in [5.41, 5.74) is 0.838. The van der Waals surface area contributed by atoms with Gasteiger partial charge >= 0.3 is 0 Å². The molecule has 0 aromatic carbocycles. The molecule has 2 unspecified atom stereocenters. The molecule has 114 valence electrons. The first-order valence-corrected chi connectivity index (χ1v) is 8.67. The Morgan fingerprint density at radius 1 is 1.41 bits per heavy atom. The third-order valence-electron chi connectivity index (χ3n) is 3.90. The first kappa shape index (κ1) is 15.6. The van der Waals surface area contributed by atoms with Gasteiger partial charge in [0.15, 0.2) is 0 Å². The van der Waals surface area contributed by atoms with E-state index in [0.717, 1.165) is 33.1 Å². The maximum absolute atomic E-state index is 4.75. The van der Waals surface area contributed by atoms with Gasteiger partial charge in [0.2, 0.25) is 0 Å². The lowest BCUT2D eigenvalue weighted by Crippen LogP contribution is -2.47. The summed E-state index contributed by atoms with van der Waals surface area (Å²) in [6, 6.07) is 2.27. The summed E-state index contributed by atoms with van der Waals surface area (Å²) in [4.78, 5) is 12.0. The molecular weight excluding hydrogens is 410 g/mol. The van der Waals surface area contributed by atoms with Crippen molar-refractivity contribution in [3.8, 4) is 0 Å². The predicted molar refractivity (Wildman–Crippen MR) is 97.9 cm³/mol. The third-order valence-corrected chi connectivity index (χ3v) is 4.55. The molecule has 22 heavy (non-hydrogen) atoms. The molecular formula is C15H16Br2N5+. The Bertz CT molecular complexity index is 746.